The normalized spacial score (nSPS) is 10.6. The van der Waals surface area contributed by atoms with Gasteiger partial charge >= 0.3 is 0 Å². The topological polar surface area (TPSA) is 42.9 Å². The van der Waals surface area contributed by atoms with Gasteiger partial charge in [-0.3, -0.25) is 4.79 Å². The molecule has 5 heteroatoms. The highest BCUT2D eigenvalue weighted by atomic mass is 32.1. The first-order valence-corrected chi connectivity index (χ1v) is 6.18. The lowest BCUT2D eigenvalue weighted by Gasteiger charge is -1.85. The highest BCUT2D eigenvalue weighted by Crippen LogP contribution is 2.30. The van der Waals surface area contributed by atoms with Crippen LogP contribution in [-0.4, -0.2) is 15.8 Å². The van der Waals surface area contributed by atoms with Crippen LogP contribution < -0.4 is 0 Å². The van der Waals surface area contributed by atoms with Gasteiger partial charge in [-0.15, -0.1) is 22.7 Å². The fraction of sp³-hybridized carbons (Fsp3) is 0.300. The van der Waals surface area contributed by atoms with Crippen molar-refractivity contribution in [2.24, 2.45) is 0 Å². The van der Waals surface area contributed by atoms with Crippen molar-refractivity contribution < 1.29 is 4.79 Å². The molecule has 0 saturated heterocycles. The van der Waals surface area contributed by atoms with Gasteiger partial charge in [0.25, 0.3) is 0 Å². The summed E-state index contributed by atoms with van der Waals surface area (Å²) in [6.07, 6.45) is 0. The third-order valence-corrected chi connectivity index (χ3v) is 4.28. The van der Waals surface area contributed by atoms with Crippen LogP contribution in [0, 0.1) is 13.8 Å². The van der Waals surface area contributed by atoms with E-state index in [1.807, 2.05) is 19.2 Å². The van der Waals surface area contributed by atoms with Gasteiger partial charge in [-0.2, -0.15) is 0 Å². The van der Waals surface area contributed by atoms with Crippen molar-refractivity contribution >= 4 is 28.5 Å². The Bertz CT molecular complexity index is 513. The number of rotatable bonds is 2. The van der Waals surface area contributed by atoms with Gasteiger partial charge in [-0.1, -0.05) is 0 Å². The SMILES string of the molecule is CC(=O)c1sc(-c2nc(C)cs2)nc1C. The Hall–Kier alpha value is -1.07. The second-order valence-electron chi connectivity index (χ2n) is 3.28. The first-order valence-electron chi connectivity index (χ1n) is 4.49. The number of aromatic nitrogens is 2. The van der Waals surface area contributed by atoms with E-state index < -0.39 is 0 Å². The number of hydrogen-bond donors (Lipinski definition) is 0. The average Bonchev–Trinajstić information content (AvgIpc) is 2.71. The van der Waals surface area contributed by atoms with Crippen molar-refractivity contribution in [1.29, 1.82) is 0 Å². The van der Waals surface area contributed by atoms with Crippen molar-refractivity contribution in [3.8, 4) is 10.0 Å². The molecule has 2 rings (SSSR count). The number of carbonyl (C=O) groups is 1. The smallest absolute Gasteiger partial charge is 0.171 e. The van der Waals surface area contributed by atoms with Gasteiger partial charge in [0.15, 0.2) is 15.8 Å². The van der Waals surface area contributed by atoms with Crippen LogP contribution in [0.3, 0.4) is 0 Å². The van der Waals surface area contributed by atoms with Gasteiger partial charge in [0, 0.05) is 18.0 Å². The summed E-state index contributed by atoms with van der Waals surface area (Å²) in [4.78, 5) is 20.7. The van der Waals surface area contributed by atoms with Crippen molar-refractivity contribution in [3.05, 3.63) is 21.6 Å². The van der Waals surface area contributed by atoms with Crippen molar-refractivity contribution in [3.63, 3.8) is 0 Å². The Morgan fingerprint density at radius 3 is 2.47 bits per heavy atom. The van der Waals surface area contributed by atoms with Crippen LogP contribution in [0.5, 0.6) is 0 Å². The zero-order valence-corrected chi connectivity index (χ0v) is 10.3. The van der Waals surface area contributed by atoms with E-state index in [4.69, 9.17) is 0 Å². The molecule has 0 aliphatic rings. The van der Waals surface area contributed by atoms with E-state index in [-0.39, 0.29) is 5.78 Å². The second kappa shape index (κ2) is 3.83. The number of hydrogen-bond acceptors (Lipinski definition) is 5. The first kappa shape index (κ1) is 10.4. The first-order chi connectivity index (χ1) is 7.08. The molecule has 2 heterocycles. The molecule has 0 aromatic carbocycles. The van der Waals surface area contributed by atoms with Crippen molar-refractivity contribution in [2.75, 3.05) is 0 Å². The molecule has 0 N–H and O–H groups in total. The molecule has 0 saturated carbocycles. The Balaban J connectivity index is 2.46. The predicted octanol–water partition coefficient (Wildman–Crippen LogP) is 3.09. The molecule has 78 valence electrons. The lowest BCUT2D eigenvalue weighted by Crippen LogP contribution is -1.89. The molecule has 15 heavy (non-hydrogen) atoms. The van der Waals surface area contributed by atoms with Gasteiger partial charge < -0.3 is 0 Å². The molecule has 0 spiro atoms. The third-order valence-electron chi connectivity index (χ3n) is 1.92. The number of nitrogens with zero attached hydrogens (tertiary/aromatic N) is 2. The van der Waals surface area contributed by atoms with E-state index in [0.29, 0.717) is 0 Å². The minimum atomic E-state index is 0.0736. The van der Waals surface area contributed by atoms with E-state index in [1.165, 1.54) is 11.3 Å². The molecule has 0 aliphatic carbocycles. The van der Waals surface area contributed by atoms with E-state index in [0.717, 1.165) is 26.3 Å². The lowest BCUT2D eigenvalue weighted by atomic mass is 10.3. The summed E-state index contributed by atoms with van der Waals surface area (Å²) in [6, 6.07) is 0. The Morgan fingerprint density at radius 1 is 1.27 bits per heavy atom. The van der Waals surface area contributed by atoms with Gasteiger partial charge in [0.1, 0.15) is 0 Å². The zero-order chi connectivity index (χ0) is 11.0. The fourth-order valence-electron chi connectivity index (χ4n) is 1.27. The molecule has 0 bridgehead atoms. The van der Waals surface area contributed by atoms with Crippen LogP contribution in [0.2, 0.25) is 0 Å². The predicted molar refractivity (Wildman–Crippen MR) is 62.7 cm³/mol. The summed E-state index contributed by atoms with van der Waals surface area (Å²) in [5, 5.41) is 3.73. The van der Waals surface area contributed by atoms with Gasteiger partial charge in [0.05, 0.1) is 10.6 Å². The molecular formula is C10H10N2OS2. The Labute approximate surface area is 95.8 Å². The van der Waals surface area contributed by atoms with Gasteiger partial charge in [-0.05, 0) is 13.8 Å². The maximum atomic E-state index is 11.3. The average molecular weight is 238 g/mol. The van der Waals surface area contributed by atoms with Crippen LogP contribution in [0.4, 0.5) is 0 Å². The fourth-order valence-corrected chi connectivity index (χ4v) is 3.06. The van der Waals surface area contributed by atoms with E-state index in [9.17, 15) is 4.79 Å². The summed E-state index contributed by atoms with van der Waals surface area (Å²) >= 11 is 2.98. The van der Waals surface area contributed by atoms with Gasteiger partial charge in [0.2, 0.25) is 0 Å². The summed E-state index contributed by atoms with van der Waals surface area (Å²) in [5.41, 5.74) is 1.79. The highest BCUT2D eigenvalue weighted by Gasteiger charge is 2.14. The molecule has 0 radical (unpaired) electrons. The molecule has 2 aromatic rings. The van der Waals surface area contributed by atoms with Crippen molar-refractivity contribution in [2.45, 2.75) is 20.8 Å². The number of ketones is 1. The van der Waals surface area contributed by atoms with Crippen LogP contribution >= 0.6 is 22.7 Å². The van der Waals surface area contributed by atoms with E-state index in [1.54, 1.807) is 18.3 Å². The molecule has 3 nitrogen and oxygen atoms in total. The molecule has 0 aliphatic heterocycles. The quantitative estimate of drug-likeness (QED) is 0.755. The Morgan fingerprint density at radius 2 is 2.00 bits per heavy atom. The van der Waals surface area contributed by atoms with Crippen LogP contribution in [0.25, 0.3) is 10.0 Å². The molecule has 0 amide bonds. The number of carbonyl (C=O) groups excluding carboxylic acids is 1. The molecule has 0 fully saturated rings. The minimum absolute atomic E-state index is 0.0736. The Kier molecular flexibility index (Phi) is 2.67. The standard InChI is InChI=1S/C10H10N2OS2/c1-5-4-14-9(11-5)10-12-6(2)8(15-10)7(3)13/h4H,1-3H3. The molecule has 2 aromatic heterocycles. The summed E-state index contributed by atoms with van der Waals surface area (Å²) < 4.78 is 0. The lowest BCUT2D eigenvalue weighted by molar-refractivity contribution is 0.102. The number of aryl methyl sites for hydroxylation is 2. The number of thiazole rings is 2. The number of Topliss-reactive ketones (excluding diaryl/α,β-unsaturated/α-hetero) is 1. The molecule has 0 atom stereocenters. The minimum Gasteiger partial charge on any atom is -0.294 e. The monoisotopic (exact) mass is 238 g/mol. The summed E-state index contributed by atoms with van der Waals surface area (Å²) in [7, 11) is 0. The van der Waals surface area contributed by atoms with Crippen LogP contribution in [-0.2, 0) is 0 Å². The second-order valence-corrected chi connectivity index (χ2v) is 5.14. The van der Waals surface area contributed by atoms with Crippen LogP contribution in [0.15, 0.2) is 5.38 Å². The summed E-state index contributed by atoms with van der Waals surface area (Å²) in [6.45, 7) is 5.38. The highest BCUT2D eigenvalue weighted by molar-refractivity contribution is 7.21. The van der Waals surface area contributed by atoms with E-state index >= 15 is 0 Å². The van der Waals surface area contributed by atoms with E-state index in [2.05, 4.69) is 9.97 Å². The van der Waals surface area contributed by atoms with Crippen molar-refractivity contribution in [1.82, 2.24) is 9.97 Å². The summed E-state index contributed by atoms with van der Waals surface area (Å²) in [5.74, 6) is 0.0736. The maximum absolute atomic E-state index is 11.3. The van der Waals surface area contributed by atoms with Crippen LogP contribution in [0.1, 0.15) is 28.0 Å². The zero-order valence-electron chi connectivity index (χ0n) is 8.70. The largest absolute Gasteiger partial charge is 0.294 e. The maximum Gasteiger partial charge on any atom is 0.171 e. The van der Waals surface area contributed by atoms with Gasteiger partial charge in [-0.25, -0.2) is 9.97 Å². The third kappa shape index (κ3) is 1.98. The molecular weight excluding hydrogens is 228 g/mol. The molecule has 0 unspecified atom stereocenters.